The molecule has 1 aliphatic rings. The Labute approximate surface area is 198 Å². The van der Waals surface area contributed by atoms with Crippen molar-refractivity contribution in [3.8, 4) is 17.0 Å². The molecule has 1 N–H and O–H groups in total. The first-order chi connectivity index (χ1) is 16.1. The first-order valence-corrected chi connectivity index (χ1v) is 11.7. The molecule has 8 nitrogen and oxygen atoms in total. The SMILES string of the molecule is COc1cc(-c2[nH]c3ccc(C4CN(C(=O)OC(C)(C)C)C4)cc3c2C(C)C)cn2ncnc12. The Morgan fingerprint density at radius 3 is 2.65 bits per heavy atom. The van der Waals surface area contributed by atoms with E-state index in [1.54, 1.807) is 16.5 Å². The van der Waals surface area contributed by atoms with Gasteiger partial charge in [-0.05, 0) is 56.0 Å². The second kappa shape index (κ2) is 8.04. The molecule has 0 radical (unpaired) electrons. The van der Waals surface area contributed by atoms with Crippen LogP contribution in [0.5, 0.6) is 5.75 Å². The Hall–Kier alpha value is -3.55. The van der Waals surface area contributed by atoms with E-state index in [1.807, 2.05) is 33.0 Å². The van der Waals surface area contributed by atoms with Gasteiger partial charge in [0.25, 0.3) is 0 Å². The molecule has 1 aromatic carbocycles. The molecule has 8 heteroatoms. The Kier molecular flexibility index (Phi) is 5.26. The number of ether oxygens (including phenoxy) is 2. The molecule has 0 saturated carbocycles. The molecule has 0 unspecified atom stereocenters. The molecule has 4 aromatic rings. The van der Waals surface area contributed by atoms with E-state index >= 15 is 0 Å². The van der Waals surface area contributed by atoms with Gasteiger partial charge >= 0.3 is 6.09 Å². The molecule has 4 heterocycles. The fraction of sp³-hybridized carbons (Fsp3) is 0.423. The van der Waals surface area contributed by atoms with Crippen molar-refractivity contribution in [3.63, 3.8) is 0 Å². The monoisotopic (exact) mass is 461 g/mol. The van der Waals surface area contributed by atoms with Gasteiger partial charge in [-0.25, -0.2) is 14.3 Å². The average Bonchev–Trinajstić information content (AvgIpc) is 3.34. The largest absolute Gasteiger partial charge is 0.493 e. The van der Waals surface area contributed by atoms with Crippen molar-refractivity contribution < 1.29 is 14.3 Å². The van der Waals surface area contributed by atoms with Crippen molar-refractivity contribution in [1.29, 1.82) is 0 Å². The van der Waals surface area contributed by atoms with Crippen molar-refractivity contribution in [1.82, 2.24) is 24.5 Å². The number of methoxy groups -OCH3 is 1. The average molecular weight is 462 g/mol. The number of H-pyrrole nitrogens is 1. The summed E-state index contributed by atoms with van der Waals surface area (Å²) in [7, 11) is 1.65. The van der Waals surface area contributed by atoms with Gasteiger partial charge in [-0.2, -0.15) is 5.10 Å². The van der Waals surface area contributed by atoms with E-state index in [9.17, 15) is 4.79 Å². The van der Waals surface area contributed by atoms with Crippen LogP contribution in [0.4, 0.5) is 4.79 Å². The van der Waals surface area contributed by atoms with Crippen LogP contribution in [-0.2, 0) is 4.74 Å². The normalized spacial score (nSPS) is 14.7. The first kappa shape index (κ1) is 22.3. The number of carbonyl (C=O) groups excluding carboxylic acids is 1. The number of nitrogens with one attached hydrogen (secondary N) is 1. The lowest BCUT2D eigenvalue weighted by Crippen LogP contribution is -2.50. The standard InChI is InChI=1S/C26H31N5O3/c1-15(2)22-19-9-16(18-11-30(12-18)25(32)34-26(3,4)5)7-8-20(19)29-23(22)17-10-21(33-6)24-27-14-28-31(24)13-17/h7-10,13-15,18,29H,11-12H2,1-6H3. The van der Waals surface area contributed by atoms with Gasteiger partial charge in [0.1, 0.15) is 11.9 Å². The van der Waals surface area contributed by atoms with E-state index in [1.165, 1.54) is 22.8 Å². The highest BCUT2D eigenvalue weighted by Gasteiger charge is 2.35. The molecule has 34 heavy (non-hydrogen) atoms. The number of benzene rings is 1. The van der Waals surface area contributed by atoms with Gasteiger partial charge < -0.3 is 19.4 Å². The lowest BCUT2D eigenvalue weighted by molar-refractivity contribution is 0.00820. The van der Waals surface area contributed by atoms with Crippen LogP contribution in [0.1, 0.15) is 57.6 Å². The zero-order valence-corrected chi connectivity index (χ0v) is 20.5. The summed E-state index contributed by atoms with van der Waals surface area (Å²) >= 11 is 0. The molecule has 0 bridgehead atoms. The third kappa shape index (κ3) is 3.87. The summed E-state index contributed by atoms with van der Waals surface area (Å²) in [4.78, 5) is 22.0. The number of fused-ring (bicyclic) bond motifs is 2. The highest BCUT2D eigenvalue weighted by Crippen LogP contribution is 2.39. The van der Waals surface area contributed by atoms with Crippen LogP contribution in [0.3, 0.4) is 0 Å². The number of hydrogen-bond acceptors (Lipinski definition) is 5. The summed E-state index contributed by atoms with van der Waals surface area (Å²) in [6, 6.07) is 8.57. The van der Waals surface area contributed by atoms with Crippen LogP contribution < -0.4 is 4.74 Å². The summed E-state index contributed by atoms with van der Waals surface area (Å²) in [6.45, 7) is 11.4. The maximum absolute atomic E-state index is 12.3. The van der Waals surface area contributed by atoms with Crippen molar-refractivity contribution in [2.75, 3.05) is 20.2 Å². The number of aromatic amines is 1. The maximum Gasteiger partial charge on any atom is 0.410 e. The van der Waals surface area contributed by atoms with Crippen LogP contribution in [0.25, 0.3) is 27.8 Å². The van der Waals surface area contributed by atoms with Gasteiger partial charge in [-0.15, -0.1) is 0 Å². The van der Waals surface area contributed by atoms with E-state index < -0.39 is 5.60 Å². The highest BCUT2D eigenvalue weighted by atomic mass is 16.6. The minimum absolute atomic E-state index is 0.242. The predicted octanol–water partition coefficient (Wildman–Crippen LogP) is 5.34. The molecule has 3 aromatic heterocycles. The fourth-order valence-corrected chi connectivity index (χ4v) is 4.66. The molecule has 0 atom stereocenters. The fourth-order valence-electron chi connectivity index (χ4n) is 4.66. The molecular formula is C26H31N5O3. The summed E-state index contributed by atoms with van der Waals surface area (Å²) in [5.41, 5.74) is 5.84. The summed E-state index contributed by atoms with van der Waals surface area (Å²) in [6.07, 6.45) is 3.27. The number of hydrogen-bond donors (Lipinski definition) is 1. The summed E-state index contributed by atoms with van der Waals surface area (Å²) in [5.74, 6) is 1.29. The van der Waals surface area contributed by atoms with Gasteiger partial charge in [0.15, 0.2) is 11.4 Å². The van der Waals surface area contributed by atoms with E-state index in [0.29, 0.717) is 36.3 Å². The number of aromatic nitrogens is 4. The van der Waals surface area contributed by atoms with E-state index in [2.05, 4.69) is 47.1 Å². The van der Waals surface area contributed by atoms with E-state index in [0.717, 1.165) is 16.8 Å². The van der Waals surface area contributed by atoms with Crippen molar-refractivity contribution in [2.45, 2.75) is 52.1 Å². The van der Waals surface area contributed by atoms with Crippen molar-refractivity contribution in [2.24, 2.45) is 0 Å². The lowest BCUT2D eigenvalue weighted by atomic mass is 9.89. The highest BCUT2D eigenvalue weighted by molar-refractivity contribution is 5.92. The molecular weight excluding hydrogens is 430 g/mol. The minimum Gasteiger partial charge on any atom is -0.493 e. The number of pyridine rings is 1. The zero-order valence-electron chi connectivity index (χ0n) is 20.5. The second-order valence-corrected chi connectivity index (χ2v) is 10.3. The van der Waals surface area contributed by atoms with Gasteiger partial charge in [0.2, 0.25) is 0 Å². The summed E-state index contributed by atoms with van der Waals surface area (Å²) < 4.78 is 12.8. The molecule has 178 valence electrons. The summed E-state index contributed by atoms with van der Waals surface area (Å²) in [5, 5.41) is 5.52. The second-order valence-electron chi connectivity index (χ2n) is 10.3. The predicted molar refractivity (Wildman–Crippen MR) is 131 cm³/mol. The molecule has 1 amide bonds. The molecule has 1 saturated heterocycles. The number of amides is 1. The van der Waals surface area contributed by atoms with Crippen LogP contribution in [-0.4, -0.2) is 56.4 Å². The van der Waals surface area contributed by atoms with Gasteiger partial charge in [-0.1, -0.05) is 19.9 Å². The van der Waals surface area contributed by atoms with Crippen LogP contribution in [0, 0.1) is 0 Å². The molecule has 1 fully saturated rings. The Morgan fingerprint density at radius 1 is 1.21 bits per heavy atom. The van der Waals surface area contributed by atoms with Gasteiger partial charge in [0.05, 0.1) is 12.8 Å². The number of nitrogens with zero attached hydrogens (tertiary/aromatic N) is 4. The van der Waals surface area contributed by atoms with Crippen molar-refractivity contribution >= 4 is 22.6 Å². The van der Waals surface area contributed by atoms with E-state index in [4.69, 9.17) is 9.47 Å². The number of likely N-dealkylation sites (tertiary alicyclic amines) is 1. The van der Waals surface area contributed by atoms with Crippen LogP contribution in [0.15, 0.2) is 36.8 Å². The molecule has 1 aliphatic heterocycles. The number of rotatable bonds is 4. The van der Waals surface area contributed by atoms with E-state index in [-0.39, 0.29) is 6.09 Å². The topological polar surface area (TPSA) is 84.8 Å². The lowest BCUT2D eigenvalue weighted by Gasteiger charge is -2.40. The van der Waals surface area contributed by atoms with Crippen LogP contribution in [0.2, 0.25) is 0 Å². The minimum atomic E-state index is -0.479. The quantitative estimate of drug-likeness (QED) is 0.443. The molecule has 0 spiro atoms. The Balaban J connectivity index is 1.49. The van der Waals surface area contributed by atoms with Gasteiger partial charge in [-0.3, -0.25) is 0 Å². The van der Waals surface area contributed by atoms with Crippen molar-refractivity contribution in [3.05, 3.63) is 47.9 Å². The molecule has 5 rings (SSSR count). The maximum atomic E-state index is 12.3. The Morgan fingerprint density at radius 2 is 1.97 bits per heavy atom. The third-order valence-corrected chi connectivity index (χ3v) is 6.29. The number of carbonyl (C=O) groups is 1. The van der Waals surface area contributed by atoms with Gasteiger partial charge in [0, 0.05) is 41.7 Å². The third-order valence-electron chi connectivity index (χ3n) is 6.29. The Bertz CT molecular complexity index is 1370. The first-order valence-electron chi connectivity index (χ1n) is 11.7. The molecule has 0 aliphatic carbocycles. The zero-order chi connectivity index (χ0) is 24.2. The van der Waals surface area contributed by atoms with Crippen LogP contribution >= 0.6 is 0 Å². The smallest absolute Gasteiger partial charge is 0.410 e.